The lowest BCUT2D eigenvalue weighted by Crippen LogP contribution is -2.57. The predicted octanol–water partition coefficient (Wildman–Crippen LogP) is 0.361. The molecule has 0 aliphatic carbocycles. The molecule has 1 heterocycles. The third-order valence-corrected chi connectivity index (χ3v) is 4.09. The van der Waals surface area contributed by atoms with Crippen LogP contribution < -0.4 is 20.5 Å². The van der Waals surface area contributed by atoms with Crippen molar-refractivity contribution in [2.75, 3.05) is 34.0 Å². The number of rotatable bonds is 6. The van der Waals surface area contributed by atoms with Crippen LogP contribution in [-0.2, 0) is 9.53 Å². The van der Waals surface area contributed by atoms with E-state index in [0.717, 1.165) is 0 Å². The lowest BCUT2D eigenvalue weighted by Gasteiger charge is -2.32. The number of ether oxygens (including phenoxy) is 3. The third-order valence-electron chi connectivity index (χ3n) is 4.09. The topological polar surface area (TPSA) is 103 Å². The molecule has 1 atom stereocenters. The van der Waals surface area contributed by atoms with E-state index in [4.69, 9.17) is 19.9 Å². The molecule has 2 rings (SSSR count). The predicted molar refractivity (Wildman–Crippen MR) is 84.5 cm³/mol. The van der Waals surface area contributed by atoms with Crippen molar-refractivity contribution < 1.29 is 24.1 Å². The zero-order chi connectivity index (χ0) is 16.9. The first kappa shape index (κ1) is 17.5. The van der Waals surface area contributed by atoms with Gasteiger partial charge < -0.3 is 30.4 Å². The van der Waals surface area contributed by atoms with Gasteiger partial charge >= 0.3 is 0 Å². The van der Waals surface area contributed by atoms with Crippen LogP contribution in [0.3, 0.4) is 0 Å². The van der Waals surface area contributed by atoms with Crippen LogP contribution in [0.15, 0.2) is 18.2 Å². The van der Waals surface area contributed by atoms with Gasteiger partial charge in [-0.15, -0.1) is 0 Å². The molecule has 0 spiro atoms. The SMILES string of the molecule is COc1ccc(OC)c(C(O)CNC(=O)C2(N)CCOCC2)c1. The van der Waals surface area contributed by atoms with Crippen LogP contribution in [0, 0.1) is 0 Å². The van der Waals surface area contributed by atoms with Gasteiger partial charge in [-0.05, 0) is 31.0 Å². The van der Waals surface area contributed by atoms with E-state index in [1.807, 2.05) is 0 Å². The maximum absolute atomic E-state index is 12.3. The van der Waals surface area contributed by atoms with Crippen LogP contribution in [-0.4, -0.2) is 50.5 Å². The van der Waals surface area contributed by atoms with Crippen molar-refractivity contribution in [2.45, 2.75) is 24.5 Å². The number of aliphatic hydroxyl groups excluding tert-OH is 1. The summed E-state index contributed by atoms with van der Waals surface area (Å²) in [6.45, 7) is 0.981. The molecule has 23 heavy (non-hydrogen) atoms. The number of carbonyl (C=O) groups excluding carboxylic acids is 1. The molecule has 1 saturated heterocycles. The highest BCUT2D eigenvalue weighted by molar-refractivity contribution is 5.86. The van der Waals surface area contributed by atoms with E-state index in [9.17, 15) is 9.90 Å². The van der Waals surface area contributed by atoms with Crippen molar-refractivity contribution in [3.63, 3.8) is 0 Å². The molecular formula is C16H24N2O5. The summed E-state index contributed by atoms with van der Waals surface area (Å²) in [6.07, 6.45) is 0.0156. The molecule has 0 bridgehead atoms. The molecule has 0 radical (unpaired) electrons. The fraction of sp³-hybridized carbons (Fsp3) is 0.562. The second-order valence-electron chi connectivity index (χ2n) is 5.60. The summed E-state index contributed by atoms with van der Waals surface area (Å²) in [7, 11) is 3.07. The van der Waals surface area contributed by atoms with Gasteiger partial charge in [0.1, 0.15) is 11.5 Å². The number of carbonyl (C=O) groups is 1. The summed E-state index contributed by atoms with van der Waals surface area (Å²) in [5.41, 5.74) is 5.72. The van der Waals surface area contributed by atoms with Gasteiger partial charge in [-0.2, -0.15) is 0 Å². The van der Waals surface area contributed by atoms with Gasteiger partial charge in [-0.1, -0.05) is 0 Å². The molecule has 1 fully saturated rings. The lowest BCUT2D eigenvalue weighted by atomic mass is 9.90. The van der Waals surface area contributed by atoms with Crippen LogP contribution in [0.2, 0.25) is 0 Å². The molecular weight excluding hydrogens is 300 g/mol. The largest absolute Gasteiger partial charge is 0.497 e. The Morgan fingerprint density at radius 1 is 1.39 bits per heavy atom. The number of methoxy groups -OCH3 is 2. The number of hydrogen-bond acceptors (Lipinski definition) is 6. The Morgan fingerprint density at radius 2 is 2.09 bits per heavy atom. The maximum Gasteiger partial charge on any atom is 0.240 e. The molecule has 4 N–H and O–H groups in total. The van der Waals surface area contributed by atoms with Gasteiger partial charge in [0.25, 0.3) is 0 Å². The van der Waals surface area contributed by atoms with E-state index in [2.05, 4.69) is 5.32 Å². The second kappa shape index (κ2) is 7.63. The molecule has 1 aliphatic rings. The Balaban J connectivity index is 2.01. The van der Waals surface area contributed by atoms with E-state index in [1.54, 1.807) is 25.3 Å². The minimum atomic E-state index is -0.934. The number of benzene rings is 1. The maximum atomic E-state index is 12.3. The first-order chi connectivity index (χ1) is 11.0. The molecule has 1 amide bonds. The average molecular weight is 324 g/mol. The van der Waals surface area contributed by atoms with Crippen molar-refractivity contribution in [2.24, 2.45) is 5.73 Å². The van der Waals surface area contributed by atoms with E-state index < -0.39 is 11.6 Å². The van der Waals surface area contributed by atoms with Gasteiger partial charge in [0.05, 0.1) is 25.9 Å². The van der Waals surface area contributed by atoms with E-state index in [0.29, 0.717) is 43.1 Å². The molecule has 7 nitrogen and oxygen atoms in total. The minimum Gasteiger partial charge on any atom is -0.497 e. The Hall–Kier alpha value is -1.83. The molecule has 128 valence electrons. The van der Waals surface area contributed by atoms with E-state index >= 15 is 0 Å². The van der Waals surface area contributed by atoms with Crippen molar-refractivity contribution in [1.82, 2.24) is 5.32 Å². The Bertz CT molecular complexity index is 543. The van der Waals surface area contributed by atoms with Gasteiger partial charge in [0, 0.05) is 25.3 Å². The van der Waals surface area contributed by atoms with Gasteiger partial charge in [-0.25, -0.2) is 0 Å². The van der Waals surface area contributed by atoms with Crippen LogP contribution >= 0.6 is 0 Å². The molecule has 1 aromatic carbocycles. The normalized spacial score (nSPS) is 18.1. The highest BCUT2D eigenvalue weighted by atomic mass is 16.5. The minimum absolute atomic E-state index is 0.0438. The van der Waals surface area contributed by atoms with Crippen LogP contribution in [0.4, 0.5) is 0 Å². The number of nitrogens with one attached hydrogen (secondary N) is 1. The molecule has 1 aliphatic heterocycles. The molecule has 0 saturated carbocycles. The summed E-state index contributed by atoms with van der Waals surface area (Å²) < 4.78 is 15.6. The number of aliphatic hydroxyl groups is 1. The summed E-state index contributed by atoms with van der Waals surface area (Å²) in [4.78, 5) is 12.3. The highest BCUT2D eigenvalue weighted by Crippen LogP contribution is 2.29. The van der Waals surface area contributed by atoms with E-state index in [1.165, 1.54) is 7.11 Å². The summed E-state index contributed by atoms with van der Waals surface area (Å²) >= 11 is 0. The van der Waals surface area contributed by atoms with Gasteiger partial charge in [0.2, 0.25) is 5.91 Å². The first-order valence-corrected chi connectivity index (χ1v) is 7.55. The molecule has 7 heteroatoms. The average Bonchev–Trinajstić information content (AvgIpc) is 2.59. The standard InChI is InChI=1S/C16H24N2O5/c1-21-11-3-4-14(22-2)12(9-11)13(19)10-18-15(20)16(17)5-7-23-8-6-16/h3-4,9,13,19H,5-8,10,17H2,1-2H3,(H,18,20). The number of amides is 1. The Labute approximate surface area is 135 Å². The lowest BCUT2D eigenvalue weighted by molar-refractivity contribution is -0.130. The summed E-state index contributed by atoms with van der Waals surface area (Å²) in [5.74, 6) is 0.855. The van der Waals surface area contributed by atoms with Crippen molar-refractivity contribution in [3.8, 4) is 11.5 Å². The van der Waals surface area contributed by atoms with Gasteiger partial charge in [-0.3, -0.25) is 4.79 Å². The third kappa shape index (κ3) is 4.13. The number of hydrogen-bond donors (Lipinski definition) is 3. The van der Waals surface area contributed by atoms with Crippen LogP contribution in [0.25, 0.3) is 0 Å². The van der Waals surface area contributed by atoms with Crippen LogP contribution in [0.5, 0.6) is 11.5 Å². The van der Waals surface area contributed by atoms with Crippen molar-refractivity contribution in [3.05, 3.63) is 23.8 Å². The van der Waals surface area contributed by atoms with Crippen molar-refractivity contribution >= 4 is 5.91 Å². The fourth-order valence-electron chi connectivity index (χ4n) is 2.54. The zero-order valence-electron chi connectivity index (χ0n) is 13.5. The zero-order valence-corrected chi connectivity index (χ0v) is 13.5. The van der Waals surface area contributed by atoms with Crippen molar-refractivity contribution in [1.29, 1.82) is 0 Å². The molecule has 0 aromatic heterocycles. The fourth-order valence-corrected chi connectivity index (χ4v) is 2.54. The Morgan fingerprint density at radius 3 is 2.70 bits per heavy atom. The molecule has 1 aromatic rings. The quantitative estimate of drug-likeness (QED) is 0.698. The monoisotopic (exact) mass is 324 g/mol. The summed E-state index contributed by atoms with van der Waals surface area (Å²) in [5, 5.41) is 13.1. The van der Waals surface area contributed by atoms with Gasteiger partial charge in [0.15, 0.2) is 0 Å². The smallest absolute Gasteiger partial charge is 0.240 e. The summed E-state index contributed by atoms with van der Waals surface area (Å²) in [6, 6.07) is 5.13. The second-order valence-corrected chi connectivity index (χ2v) is 5.60. The number of nitrogens with two attached hydrogens (primary N) is 1. The highest BCUT2D eigenvalue weighted by Gasteiger charge is 2.36. The van der Waals surface area contributed by atoms with E-state index in [-0.39, 0.29) is 12.5 Å². The Kier molecular flexibility index (Phi) is 5.81. The first-order valence-electron chi connectivity index (χ1n) is 7.55. The molecule has 1 unspecified atom stereocenters. The van der Waals surface area contributed by atoms with Crippen LogP contribution in [0.1, 0.15) is 24.5 Å².